The molecule has 1 heterocycles. The smallest absolute Gasteiger partial charge is 0.518 e. The van der Waals surface area contributed by atoms with Gasteiger partial charge in [-0.2, -0.15) is 26.0 Å². The number of halogens is 3. The molecule has 0 N–H and O–H groups in total. The lowest BCUT2D eigenvalue weighted by molar-refractivity contribution is -0.227. The Kier molecular flexibility index (Phi) is 5.19. The number of carbonyl (C=O) groups is 1. The van der Waals surface area contributed by atoms with Crippen molar-refractivity contribution >= 4 is 21.9 Å². The van der Waals surface area contributed by atoms with E-state index in [1.807, 2.05) is 0 Å². The van der Waals surface area contributed by atoms with Gasteiger partial charge in [0.05, 0.1) is 12.5 Å². The van der Waals surface area contributed by atoms with E-state index in [2.05, 4.69) is 4.40 Å². The maximum Gasteiger partial charge on any atom is 0.518 e. The summed E-state index contributed by atoms with van der Waals surface area (Å²) in [7, 11) is -5.91. The fraction of sp³-hybridized carbons (Fsp3) is 0.833. The average Bonchev–Trinajstić information content (AvgIpc) is 3.27. The van der Waals surface area contributed by atoms with Crippen LogP contribution < -0.4 is 5.11 Å². The molecule has 2 fully saturated rings. The maximum absolute atomic E-state index is 12.3. The highest BCUT2D eigenvalue weighted by Gasteiger charge is 2.46. The lowest BCUT2D eigenvalue weighted by Crippen LogP contribution is -2.41. The van der Waals surface area contributed by atoms with E-state index in [4.69, 9.17) is 9.47 Å². The molecule has 0 bridgehead atoms. The Hall–Kier alpha value is -1.36. The number of epoxide rings is 1. The highest BCUT2D eigenvalue weighted by atomic mass is 32.2. The molecule has 0 aromatic heterocycles. The summed E-state index contributed by atoms with van der Waals surface area (Å²) < 4.78 is 70.9. The van der Waals surface area contributed by atoms with E-state index in [1.54, 1.807) is 0 Å². The fourth-order valence-corrected chi connectivity index (χ4v) is 2.87. The third kappa shape index (κ3) is 4.56. The average molecular weight is 358 g/mol. The summed E-state index contributed by atoms with van der Waals surface area (Å²) in [5, 5.41) is 11.8. The van der Waals surface area contributed by atoms with Gasteiger partial charge >= 0.3 is 21.5 Å². The van der Waals surface area contributed by atoms with Crippen LogP contribution in [-0.4, -0.2) is 45.1 Å². The van der Waals surface area contributed by atoms with Crippen LogP contribution in [0.2, 0.25) is 0 Å². The van der Waals surface area contributed by atoms with Gasteiger partial charge in [0, 0.05) is 5.92 Å². The molecule has 0 aromatic carbocycles. The predicted octanol–water partition coefficient (Wildman–Crippen LogP) is 0.343. The van der Waals surface area contributed by atoms with Crippen molar-refractivity contribution in [3.63, 3.8) is 0 Å². The Morgan fingerprint density at radius 2 is 1.83 bits per heavy atom. The number of carbonyl (C=O) groups excluding carboxylic acids is 1. The van der Waals surface area contributed by atoms with Crippen molar-refractivity contribution in [1.29, 1.82) is 0 Å². The van der Waals surface area contributed by atoms with Crippen molar-refractivity contribution in [3.8, 4) is 0 Å². The molecule has 1 saturated heterocycles. The predicted molar refractivity (Wildman–Crippen MR) is 68.6 cm³/mol. The molecule has 0 spiro atoms. The SMILES string of the molecule is O=C(OCC1CO1)C1CCCCC1/C([O-])=N/S(=O)(=O)C(F)(F)F. The zero-order valence-electron chi connectivity index (χ0n) is 11.9. The molecule has 1 aliphatic heterocycles. The van der Waals surface area contributed by atoms with Crippen LogP contribution in [0.4, 0.5) is 13.2 Å². The first-order valence-electron chi connectivity index (χ1n) is 6.98. The van der Waals surface area contributed by atoms with E-state index >= 15 is 0 Å². The molecular formula is C12H15F3NO6S-. The van der Waals surface area contributed by atoms with Crippen LogP contribution in [0, 0.1) is 11.8 Å². The van der Waals surface area contributed by atoms with Crippen LogP contribution in [-0.2, 0) is 24.3 Å². The Balaban J connectivity index is 2.11. The fourth-order valence-electron chi connectivity index (χ4n) is 2.39. The van der Waals surface area contributed by atoms with Gasteiger partial charge in [-0.05, 0) is 18.7 Å². The zero-order chi connectivity index (χ0) is 17.3. The summed E-state index contributed by atoms with van der Waals surface area (Å²) >= 11 is 0. The number of sulfonamides is 1. The molecule has 1 saturated carbocycles. The summed E-state index contributed by atoms with van der Waals surface area (Å²) in [6.45, 7) is 0.466. The van der Waals surface area contributed by atoms with Crippen molar-refractivity contribution < 1.29 is 41.0 Å². The second-order valence-corrected chi connectivity index (χ2v) is 7.03. The number of hydrogen-bond acceptors (Lipinski definition) is 6. The van der Waals surface area contributed by atoms with Crippen molar-refractivity contribution in [1.82, 2.24) is 0 Å². The molecule has 2 aliphatic rings. The highest BCUT2D eigenvalue weighted by Crippen LogP contribution is 2.33. The van der Waals surface area contributed by atoms with Gasteiger partial charge in [0.2, 0.25) is 0 Å². The summed E-state index contributed by atoms with van der Waals surface area (Å²) in [6.07, 6.45) is 1.23. The standard InChI is InChI=1S/C12H16F3NO6S/c13-12(14,15)23(19,20)16-10(17)8-3-1-2-4-9(8)11(18)22-6-7-5-21-7/h7-9H,1-6H2,(H,16,17)/p-1. The molecule has 3 unspecified atom stereocenters. The van der Waals surface area contributed by atoms with Gasteiger partial charge in [0.15, 0.2) is 0 Å². The Morgan fingerprint density at radius 1 is 1.26 bits per heavy atom. The molecule has 2 rings (SSSR count). The van der Waals surface area contributed by atoms with E-state index in [-0.39, 0.29) is 25.6 Å². The van der Waals surface area contributed by atoms with Crippen LogP contribution in [0.15, 0.2) is 4.40 Å². The first kappa shape index (κ1) is 18.0. The molecular weight excluding hydrogens is 343 g/mol. The lowest BCUT2D eigenvalue weighted by Gasteiger charge is -2.33. The molecule has 0 amide bonds. The molecule has 11 heteroatoms. The molecule has 3 atom stereocenters. The summed E-state index contributed by atoms with van der Waals surface area (Å²) in [4.78, 5) is 12.0. The third-order valence-electron chi connectivity index (χ3n) is 3.70. The van der Waals surface area contributed by atoms with E-state index in [0.29, 0.717) is 19.4 Å². The van der Waals surface area contributed by atoms with Crippen LogP contribution in [0.5, 0.6) is 0 Å². The second-order valence-electron chi connectivity index (χ2n) is 5.43. The third-order valence-corrected chi connectivity index (χ3v) is 4.71. The minimum absolute atomic E-state index is 0.00817. The molecule has 7 nitrogen and oxygen atoms in total. The van der Waals surface area contributed by atoms with Crippen LogP contribution in [0.1, 0.15) is 25.7 Å². The van der Waals surface area contributed by atoms with E-state index in [9.17, 15) is 31.5 Å². The first-order valence-corrected chi connectivity index (χ1v) is 8.42. The normalized spacial score (nSPS) is 29.2. The van der Waals surface area contributed by atoms with Gasteiger partial charge < -0.3 is 14.6 Å². The van der Waals surface area contributed by atoms with Crippen LogP contribution >= 0.6 is 0 Å². The van der Waals surface area contributed by atoms with Gasteiger partial charge in [0.25, 0.3) is 0 Å². The van der Waals surface area contributed by atoms with Crippen molar-refractivity contribution in [2.45, 2.75) is 37.3 Å². The topological polar surface area (TPSA) is 108 Å². The largest absolute Gasteiger partial charge is 0.861 e. The van der Waals surface area contributed by atoms with E-state index < -0.39 is 39.2 Å². The molecule has 1 aliphatic carbocycles. The molecule has 0 radical (unpaired) electrons. The number of rotatable bonds is 5. The van der Waals surface area contributed by atoms with Crippen molar-refractivity contribution in [2.24, 2.45) is 16.2 Å². The van der Waals surface area contributed by atoms with Crippen molar-refractivity contribution in [3.05, 3.63) is 0 Å². The maximum atomic E-state index is 12.3. The minimum Gasteiger partial charge on any atom is -0.861 e. The summed E-state index contributed by atoms with van der Waals surface area (Å²) in [5.74, 6) is -4.39. The van der Waals surface area contributed by atoms with Gasteiger partial charge in [-0.15, -0.1) is 0 Å². The monoisotopic (exact) mass is 358 g/mol. The van der Waals surface area contributed by atoms with E-state index in [0.717, 1.165) is 0 Å². The number of esters is 1. The number of alkyl halides is 3. The Labute approximate surface area is 130 Å². The quantitative estimate of drug-likeness (QED) is 0.304. The van der Waals surface area contributed by atoms with Gasteiger partial charge in [-0.3, -0.25) is 4.79 Å². The van der Waals surface area contributed by atoms with Gasteiger partial charge in [0.1, 0.15) is 12.7 Å². The van der Waals surface area contributed by atoms with E-state index in [1.165, 1.54) is 0 Å². The Bertz CT molecular complexity index is 584. The summed E-state index contributed by atoms with van der Waals surface area (Å²) in [5.41, 5.74) is -5.64. The second kappa shape index (κ2) is 6.63. The Morgan fingerprint density at radius 3 is 2.35 bits per heavy atom. The molecule has 132 valence electrons. The highest BCUT2D eigenvalue weighted by molar-refractivity contribution is 7.91. The molecule has 23 heavy (non-hydrogen) atoms. The number of nitrogens with zero attached hydrogens (tertiary/aromatic N) is 1. The van der Waals surface area contributed by atoms with Crippen molar-refractivity contribution in [2.75, 3.05) is 13.2 Å². The molecule has 0 aromatic rings. The van der Waals surface area contributed by atoms with Crippen LogP contribution in [0.3, 0.4) is 0 Å². The van der Waals surface area contributed by atoms with Gasteiger partial charge in [-0.1, -0.05) is 12.8 Å². The van der Waals surface area contributed by atoms with Crippen LogP contribution in [0.25, 0.3) is 0 Å². The zero-order valence-corrected chi connectivity index (χ0v) is 12.7. The summed E-state index contributed by atoms with van der Waals surface area (Å²) in [6, 6.07) is 0. The minimum atomic E-state index is -5.91. The lowest BCUT2D eigenvalue weighted by atomic mass is 9.79. The number of hydrogen-bond donors (Lipinski definition) is 0. The first-order chi connectivity index (χ1) is 10.6. The van der Waals surface area contributed by atoms with Gasteiger partial charge in [-0.25, -0.2) is 0 Å². The number of ether oxygens (including phenoxy) is 2.